The molecule has 35 heavy (non-hydrogen) atoms. The van der Waals surface area contributed by atoms with Crippen LogP contribution in [0.4, 0.5) is 17.3 Å². The maximum Gasteiger partial charge on any atom is 0.403 e. The Kier molecular flexibility index (Phi) is 6.57. The minimum Gasteiger partial charge on any atom is -0.368 e. The van der Waals surface area contributed by atoms with Crippen molar-refractivity contribution in [1.82, 2.24) is 24.4 Å². The molecule has 0 bridgehead atoms. The summed E-state index contributed by atoms with van der Waals surface area (Å²) < 4.78 is 15.2. The Morgan fingerprint density at radius 2 is 1.74 bits per heavy atom. The van der Waals surface area contributed by atoms with E-state index in [1.807, 2.05) is 50.5 Å². The molecule has 2 aliphatic rings. The Hall–Kier alpha value is -2.52. The zero-order chi connectivity index (χ0) is 24.6. The van der Waals surface area contributed by atoms with Crippen LogP contribution in [0, 0.1) is 0 Å². The van der Waals surface area contributed by atoms with Gasteiger partial charge in [-0.25, -0.2) is 14.2 Å². The zero-order valence-electron chi connectivity index (χ0n) is 20.3. The fourth-order valence-electron chi connectivity index (χ4n) is 5.40. The van der Waals surface area contributed by atoms with Crippen molar-refractivity contribution in [3.8, 4) is 0 Å². The Bertz CT molecular complexity index is 1220. The van der Waals surface area contributed by atoms with Crippen molar-refractivity contribution in [2.45, 2.75) is 64.0 Å². The number of nitrogens with one attached hydrogen (secondary N) is 1. The van der Waals surface area contributed by atoms with Crippen molar-refractivity contribution >= 4 is 36.1 Å². The monoisotopic (exact) mass is 499 g/mol. The summed E-state index contributed by atoms with van der Waals surface area (Å²) in [4.78, 5) is 30.7. The molecule has 1 aromatic carbocycles. The minimum absolute atomic E-state index is 0.305. The first kappa shape index (κ1) is 24.2. The molecule has 188 valence electrons. The van der Waals surface area contributed by atoms with Gasteiger partial charge in [0.15, 0.2) is 5.65 Å². The van der Waals surface area contributed by atoms with Gasteiger partial charge in [0.25, 0.3) is 0 Å². The van der Waals surface area contributed by atoms with E-state index in [-0.39, 0.29) is 0 Å². The number of hydrogen-bond donors (Lipinski definition) is 3. The van der Waals surface area contributed by atoms with E-state index in [9.17, 15) is 14.4 Å². The molecule has 0 radical (unpaired) electrons. The van der Waals surface area contributed by atoms with Gasteiger partial charge in [0.05, 0.1) is 17.6 Å². The van der Waals surface area contributed by atoms with E-state index in [4.69, 9.17) is 4.98 Å². The molecule has 0 amide bonds. The lowest BCUT2D eigenvalue weighted by Crippen LogP contribution is -2.57. The van der Waals surface area contributed by atoms with Crippen LogP contribution in [0.15, 0.2) is 36.7 Å². The third kappa shape index (κ3) is 5.21. The number of anilines is 3. The van der Waals surface area contributed by atoms with Gasteiger partial charge < -0.3 is 20.0 Å². The summed E-state index contributed by atoms with van der Waals surface area (Å²) in [6.07, 6.45) is 11.0. The van der Waals surface area contributed by atoms with Gasteiger partial charge in [-0.3, -0.25) is 0 Å². The van der Waals surface area contributed by atoms with E-state index < -0.39 is 13.3 Å². The number of piperazine rings is 1. The lowest BCUT2D eigenvalue weighted by atomic mass is 10.0. The number of aromatic nitrogens is 4. The Balaban J connectivity index is 1.29. The van der Waals surface area contributed by atoms with Gasteiger partial charge in [-0.05, 0) is 51.0 Å². The molecule has 0 atom stereocenters. The van der Waals surface area contributed by atoms with Gasteiger partial charge in [0.2, 0.25) is 5.95 Å². The molecule has 10 nitrogen and oxygen atoms in total. The van der Waals surface area contributed by atoms with Crippen LogP contribution in [0.5, 0.6) is 0 Å². The first-order valence-corrected chi connectivity index (χ1v) is 13.9. The van der Waals surface area contributed by atoms with Crippen LogP contribution >= 0.6 is 7.75 Å². The van der Waals surface area contributed by atoms with Crippen molar-refractivity contribution < 1.29 is 14.4 Å². The number of nitrogens with zero attached hydrogens (tertiary/aromatic N) is 6. The molecule has 2 fully saturated rings. The molecule has 1 saturated carbocycles. The second-order valence-electron chi connectivity index (χ2n) is 10.2. The minimum atomic E-state index is -4.28. The quantitative estimate of drug-likeness (QED) is 0.345. The molecule has 5 rings (SSSR count). The SMILES string of the molecule is CC1(C)CN(c2ccc(Nc3ncc4cnn(C5CCCCCC5)c4n3)cc2)CCN1P(=O)(O)O. The standard InChI is InChI=1S/C24H34N7O3P/c1-24(2)17-29(13-14-30(24)35(32,33)34)20-11-9-19(10-12-20)27-23-25-15-18-16-26-31(22(18)28-23)21-7-5-3-4-6-8-21/h9-12,15-16,21H,3-8,13-14,17H2,1-2H3,(H,25,27,28)(H2,32,33,34). The maximum atomic E-state index is 11.8. The molecule has 2 aromatic heterocycles. The van der Waals surface area contributed by atoms with Crippen molar-refractivity contribution in [2.24, 2.45) is 0 Å². The van der Waals surface area contributed by atoms with Gasteiger partial charge >= 0.3 is 7.75 Å². The predicted octanol–water partition coefficient (Wildman–Crippen LogP) is 4.46. The number of hydrogen-bond acceptors (Lipinski definition) is 6. The highest BCUT2D eigenvalue weighted by molar-refractivity contribution is 7.49. The Morgan fingerprint density at radius 3 is 2.40 bits per heavy atom. The van der Waals surface area contributed by atoms with E-state index in [0.29, 0.717) is 31.6 Å². The normalized spacial score (nSPS) is 20.2. The summed E-state index contributed by atoms with van der Waals surface area (Å²) in [5.74, 6) is 0.539. The molecular formula is C24H34N7O3P. The second-order valence-corrected chi connectivity index (χ2v) is 11.8. The zero-order valence-corrected chi connectivity index (χ0v) is 21.2. The van der Waals surface area contributed by atoms with E-state index in [1.54, 1.807) is 0 Å². The highest BCUT2D eigenvalue weighted by atomic mass is 31.2. The molecule has 3 heterocycles. The van der Waals surface area contributed by atoms with E-state index in [2.05, 4.69) is 25.0 Å². The number of benzene rings is 1. The van der Waals surface area contributed by atoms with Crippen molar-refractivity contribution in [2.75, 3.05) is 29.9 Å². The van der Waals surface area contributed by atoms with Gasteiger partial charge in [-0.1, -0.05) is 25.7 Å². The maximum absolute atomic E-state index is 11.8. The predicted molar refractivity (Wildman–Crippen MR) is 137 cm³/mol. The van der Waals surface area contributed by atoms with Crippen LogP contribution in [-0.2, 0) is 4.57 Å². The largest absolute Gasteiger partial charge is 0.403 e. The molecule has 11 heteroatoms. The van der Waals surface area contributed by atoms with E-state index in [1.165, 1.54) is 30.4 Å². The third-order valence-electron chi connectivity index (χ3n) is 7.17. The molecule has 3 aromatic rings. The highest BCUT2D eigenvalue weighted by Gasteiger charge is 2.42. The first-order chi connectivity index (χ1) is 16.7. The van der Waals surface area contributed by atoms with E-state index in [0.717, 1.165) is 35.2 Å². The summed E-state index contributed by atoms with van der Waals surface area (Å²) in [5, 5.41) is 8.89. The smallest absolute Gasteiger partial charge is 0.368 e. The average molecular weight is 500 g/mol. The van der Waals surface area contributed by atoms with Gasteiger partial charge in [-0.15, -0.1) is 0 Å². The van der Waals surface area contributed by atoms with Crippen LogP contribution in [-0.4, -0.2) is 59.4 Å². The lowest BCUT2D eigenvalue weighted by molar-refractivity contribution is 0.153. The van der Waals surface area contributed by atoms with Crippen LogP contribution in [0.2, 0.25) is 0 Å². The van der Waals surface area contributed by atoms with Gasteiger partial charge in [0, 0.05) is 42.7 Å². The second kappa shape index (κ2) is 9.50. The number of rotatable bonds is 5. The van der Waals surface area contributed by atoms with Crippen molar-refractivity contribution in [3.05, 3.63) is 36.7 Å². The van der Waals surface area contributed by atoms with E-state index >= 15 is 0 Å². The van der Waals surface area contributed by atoms with Crippen LogP contribution < -0.4 is 10.2 Å². The molecule has 0 unspecified atom stereocenters. The Labute approximate surface area is 205 Å². The van der Waals surface area contributed by atoms with Crippen LogP contribution in [0.3, 0.4) is 0 Å². The molecule has 3 N–H and O–H groups in total. The summed E-state index contributed by atoms with van der Waals surface area (Å²) in [6, 6.07) is 8.38. The van der Waals surface area contributed by atoms with Gasteiger partial charge in [0.1, 0.15) is 0 Å². The lowest BCUT2D eigenvalue weighted by Gasteiger charge is -2.47. The van der Waals surface area contributed by atoms with Crippen molar-refractivity contribution in [3.63, 3.8) is 0 Å². The summed E-state index contributed by atoms with van der Waals surface area (Å²) in [7, 11) is -4.28. The number of fused-ring (bicyclic) bond motifs is 1. The molecular weight excluding hydrogens is 465 g/mol. The molecule has 1 saturated heterocycles. The first-order valence-electron chi connectivity index (χ1n) is 12.4. The topological polar surface area (TPSA) is 120 Å². The fourth-order valence-corrected chi connectivity index (χ4v) is 6.52. The summed E-state index contributed by atoms with van der Waals surface area (Å²) >= 11 is 0. The highest BCUT2D eigenvalue weighted by Crippen LogP contribution is 2.47. The average Bonchev–Trinajstić information content (AvgIpc) is 3.03. The van der Waals surface area contributed by atoms with Gasteiger partial charge in [-0.2, -0.15) is 14.8 Å². The third-order valence-corrected chi connectivity index (χ3v) is 8.54. The van der Waals surface area contributed by atoms with Crippen LogP contribution in [0.1, 0.15) is 58.4 Å². The summed E-state index contributed by atoms with van der Waals surface area (Å²) in [6.45, 7) is 5.10. The molecule has 1 aliphatic heterocycles. The van der Waals surface area contributed by atoms with Crippen LogP contribution in [0.25, 0.3) is 11.0 Å². The summed E-state index contributed by atoms with van der Waals surface area (Å²) in [5.41, 5.74) is 2.12. The molecule has 1 aliphatic carbocycles. The van der Waals surface area contributed by atoms with Crippen molar-refractivity contribution in [1.29, 1.82) is 0 Å². The molecule has 0 spiro atoms. The fraction of sp³-hybridized carbons (Fsp3) is 0.542. The Morgan fingerprint density at radius 1 is 1.03 bits per heavy atom.